The largest absolute Gasteiger partial charge is 0.469 e. The number of hydrogen-bond acceptors (Lipinski definition) is 5. The van der Waals surface area contributed by atoms with E-state index in [2.05, 4.69) is 12.2 Å². The lowest BCUT2D eigenvalue weighted by atomic mass is 9.64. The Balaban J connectivity index is 1.68. The molecule has 2 saturated carbocycles. The molecule has 142 valence electrons. The van der Waals surface area contributed by atoms with Crippen molar-refractivity contribution in [2.24, 2.45) is 34.5 Å². The zero-order chi connectivity index (χ0) is 18.7. The third-order valence-corrected chi connectivity index (χ3v) is 7.25. The minimum absolute atomic E-state index is 0.0996. The van der Waals surface area contributed by atoms with Crippen LogP contribution < -0.4 is 0 Å². The summed E-state index contributed by atoms with van der Waals surface area (Å²) in [5.74, 6) is 0.360. The zero-order valence-electron chi connectivity index (χ0n) is 16.0. The highest BCUT2D eigenvalue weighted by Gasteiger charge is 2.72. The van der Waals surface area contributed by atoms with Crippen LogP contribution >= 0.6 is 0 Å². The standard InChI is InChI=1S/C21H28O5/c1-12(2)9-17(22)26-18-15-7-8-16-20(3,19(23)24-4)13-5-6-14(11-25-18)21(15,16)10-13/h5-6,11-13,15-16,18H,7-10H2,1-4H3. The summed E-state index contributed by atoms with van der Waals surface area (Å²) in [6.45, 7) is 6.05. The van der Waals surface area contributed by atoms with E-state index in [-0.39, 0.29) is 41.0 Å². The zero-order valence-corrected chi connectivity index (χ0v) is 16.0. The molecule has 2 bridgehead atoms. The van der Waals surface area contributed by atoms with Crippen LogP contribution in [-0.4, -0.2) is 25.3 Å². The van der Waals surface area contributed by atoms with Crippen LogP contribution in [0.3, 0.4) is 0 Å². The molecular formula is C21H28O5. The Hall–Kier alpha value is -1.78. The lowest BCUT2D eigenvalue weighted by Crippen LogP contribution is -2.45. The highest BCUT2D eigenvalue weighted by atomic mass is 16.7. The van der Waals surface area contributed by atoms with Gasteiger partial charge in [-0.1, -0.05) is 26.0 Å². The van der Waals surface area contributed by atoms with Crippen molar-refractivity contribution in [3.05, 3.63) is 24.0 Å². The smallest absolute Gasteiger partial charge is 0.312 e. The topological polar surface area (TPSA) is 61.8 Å². The number of fused-ring (bicyclic) bond motifs is 1. The monoisotopic (exact) mass is 360 g/mol. The maximum Gasteiger partial charge on any atom is 0.312 e. The van der Waals surface area contributed by atoms with Gasteiger partial charge in [0.25, 0.3) is 0 Å². The van der Waals surface area contributed by atoms with Gasteiger partial charge in [0.05, 0.1) is 18.8 Å². The van der Waals surface area contributed by atoms with Gasteiger partial charge in [-0.25, -0.2) is 0 Å². The molecule has 0 aromatic rings. The highest BCUT2D eigenvalue weighted by Crippen LogP contribution is 2.73. The molecule has 1 heterocycles. The van der Waals surface area contributed by atoms with E-state index >= 15 is 0 Å². The van der Waals surface area contributed by atoms with Gasteiger partial charge in [-0.15, -0.1) is 0 Å². The summed E-state index contributed by atoms with van der Waals surface area (Å²) in [5.41, 5.74) is 0.466. The minimum atomic E-state index is -0.554. The average Bonchev–Trinajstić information content (AvgIpc) is 3.05. The first-order valence-electron chi connectivity index (χ1n) is 9.66. The molecule has 0 amide bonds. The molecule has 26 heavy (non-hydrogen) atoms. The summed E-state index contributed by atoms with van der Waals surface area (Å²) < 4.78 is 16.8. The number of hydrogen-bond donors (Lipinski definition) is 0. The van der Waals surface area contributed by atoms with Crippen molar-refractivity contribution >= 4 is 11.9 Å². The van der Waals surface area contributed by atoms with Gasteiger partial charge < -0.3 is 14.2 Å². The van der Waals surface area contributed by atoms with Crippen LogP contribution in [0.2, 0.25) is 0 Å². The first-order valence-corrected chi connectivity index (χ1v) is 9.66. The SMILES string of the molecule is COC(=O)C1(C)C2C=CC3=COC(OC(=O)CC(C)C)C4CCC1C34C2. The fraction of sp³-hybridized carbons (Fsp3) is 0.714. The third kappa shape index (κ3) is 2.15. The lowest BCUT2D eigenvalue weighted by molar-refractivity contribution is -0.192. The Morgan fingerprint density at radius 1 is 1.35 bits per heavy atom. The summed E-state index contributed by atoms with van der Waals surface area (Å²) in [4.78, 5) is 25.0. The summed E-state index contributed by atoms with van der Waals surface area (Å²) in [7, 11) is 1.47. The van der Waals surface area contributed by atoms with Gasteiger partial charge in [-0.2, -0.15) is 0 Å². The number of ether oxygens (including phenoxy) is 3. The summed E-state index contributed by atoms with van der Waals surface area (Å²) in [6, 6.07) is 0. The molecule has 3 aliphatic carbocycles. The Morgan fingerprint density at radius 2 is 2.12 bits per heavy atom. The predicted octanol–water partition coefficient (Wildman–Crippen LogP) is 3.60. The number of esters is 2. The van der Waals surface area contributed by atoms with Gasteiger partial charge in [-0.3, -0.25) is 9.59 Å². The summed E-state index contributed by atoms with van der Waals surface area (Å²) in [5, 5.41) is 0. The van der Waals surface area contributed by atoms with Gasteiger partial charge in [0.15, 0.2) is 0 Å². The van der Waals surface area contributed by atoms with Crippen LogP contribution in [-0.2, 0) is 23.8 Å². The molecule has 0 aromatic carbocycles. The van der Waals surface area contributed by atoms with Gasteiger partial charge in [0.2, 0.25) is 6.29 Å². The second kappa shape index (κ2) is 5.86. The molecule has 0 radical (unpaired) electrons. The highest BCUT2D eigenvalue weighted by molar-refractivity contribution is 5.79. The summed E-state index contributed by atoms with van der Waals surface area (Å²) in [6.07, 6.45) is 8.57. The maximum absolute atomic E-state index is 12.7. The molecule has 0 saturated heterocycles. The van der Waals surface area contributed by atoms with Crippen molar-refractivity contribution in [3.8, 4) is 0 Å². The molecule has 6 unspecified atom stereocenters. The first kappa shape index (κ1) is 17.6. The fourth-order valence-electron chi connectivity index (χ4n) is 6.16. The van der Waals surface area contributed by atoms with E-state index in [0.29, 0.717) is 6.42 Å². The molecule has 0 N–H and O–H groups in total. The normalized spacial score (nSPS) is 42.1. The van der Waals surface area contributed by atoms with Crippen LogP contribution in [0, 0.1) is 34.5 Å². The molecule has 1 spiro atoms. The molecule has 6 atom stereocenters. The van der Waals surface area contributed by atoms with Crippen LogP contribution in [0.1, 0.15) is 46.5 Å². The molecule has 5 nitrogen and oxygen atoms in total. The van der Waals surface area contributed by atoms with Crippen molar-refractivity contribution in [2.45, 2.75) is 52.7 Å². The molecule has 2 fully saturated rings. The van der Waals surface area contributed by atoms with Gasteiger partial charge in [-0.05, 0) is 49.5 Å². The van der Waals surface area contributed by atoms with Crippen LogP contribution in [0.5, 0.6) is 0 Å². The molecule has 5 heteroatoms. The van der Waals surface area contributed by atoms with Crippen molar-refractivity contribution in [1.82, 2.24) is 0 Å². The van der Waals surface area contributed by atoms with Crippen molar-refractivity contribution in [1.29, 1.82) is 0 Å². The van der Waals surface area contributed by atoms with Gasteiger partial charge in [0, 0.05) is 17.8 Å². The first-order chi connectivity index (χ1) is 12.3. The maximum atomic E-state index is 12.7. The van der Waals surface area contributed by atoms with E-state index in [1.54, 1.807) is 6.26 Å². The number of rotatable bonds is 4. The molecule has 1 aliphatic heterocycles. The molecular weight excluding hydrogens is 332 g/mol. The van der Waals surface area contributed by atoms with Crippen molar-refractivity contribution in [3.63, 3.8) is 0 Å². The van der Waals surface area contributed by atoms with Crippen LogP contribution in [0.15, 0.2) is 24.0 Å². The molecule has 4 aliphatic rings. The van der Waals surface area contributed by atoms with E-state index in [1.165, 1.54) is 7.11 Å². The van der Waals surface area contributed by atoms with E-state index < -0.39 is 11.7 Å². The second-order valence-corrected chi connectivity index (χ2v) is 8.89. The van der Waals surface area contributed by atoms with Gasteiger partial charge in [0.1, 0.15) is 0 Å². The Bertz CT molecular complexity index is 693. The van der Waals surface area contributed by atoms with Crippen molar-refractivity contribution in [2.75, 3.05) is 7.11 Å². The third-order valence-electron chi connectivity index (χ3n) is 7.25. The number of allylic oxidation sites excluding steroid dienone is 3. The Kier molecular flexibility index (Phi) is 3.97. The number of carbonyl (C=O) groups is 2. The fourth-order valence-corrected chi connectivity index (χ4v) is 6.16. The molecule has 4 rings (SSSR count). The second-order valence-electron chi connectivity index (χ2n) is 8.89. The summed E-state index contributed by atoms with van der Waals surface area (Å²) >= 11 is 0. The number of carbonyl (C=O) groups excluding carboxylic acids is 2. The van der Waals surface area contributed by atoms with Crippen molar-refractivity contribution < 1.29 is 23.8 Å². The van der Waals surface area contributed by atoms with E-state index in [4.69, 9.17) is 14.2 Å². The Labute approximate surface area is 154 Å². The quantitative estimate of drug-likeness (QED) is 0.717. The average molecular weight is 360 g/mol. The van der Waals surface area contributed by atoms with Crippen LogP contribution in [0.4, 0.5) is 0 Å². The van der Waals surface area contributed by atoms with E-state index in [9.17, 15) is 9.59 Å². The Morgan fingerprint density at radius 3 is 2.81 bits per heavy atom. The lowest BCUT2D eigenvalue weighted by Gasteiger charge is -2.44. The minimum Gasteiger partial charge on any atom is -0.469 e. The predicted molar refractivity (Wildman–Crippen MR) is 94.5 cm³/mol. The van der Waals surface area contributed by atoms with E-state index in [1.807, 2.05) is 20.8 Å². The van der Waals surface area contributed by atoms with Crippen LogP contribution in [0.25, 0.3) is 0 Å². The van der Waals surface area contributed by atoms with E-state index in [0.717, 1.165) is 24.8 Å². The number of methoxy groups -OCH3 is 1. The van der Waals surface area contributed by atoms with Gasteiger partial charge >= 0.3 is 11.9 Å². The molecule has 0 aromatic heterocycles.